The minimum absolute atomic E-state index is 0.0315. The van der Waals surface area contributed by atoms with Gasteiger partial charge in [-0.15, -0.1) is 10.2 Å². The summed E-state index contributed by atoms with van der Waals surface area (Å²) >= 11 is 1.22. The second-order valence-corrected chi connectivity index (χ2v) is 6.93. The molecular weight excluding hydrogens is 364 g/mol. The predicted molar refractivity (Wildman–Crippen MR) is 104 cm³/mol. The van der Waals surface area contributed by atoms with E-state index < -0.39 is 0 Å². The summed E-state index contributed by atoms with van der Waals surface area (Å²) in [7, 11) is 3.15. The van der Waals surface area contributed by atoms with Crippen molar-refractivity contribution in [1.82, 2.24) is 10.2 Å². The summed E-state index contributed by atoms with van der Waals surface area (Å²) in [6.07, 6.45) is 0. The first-order valence-electron chi connectivity index (χ1n) is 8.30. The Morgan fingerprint density at radius 2 is 1.74 bits per heavy atom. The lowest BCUT2D eigenvalue weighted by Gasteiger charge is -2.06. The number of ketones is 1. The zero-order chi connectivity index (χ0) is 19.4. The average molecular weight is 384 g/mol. The molecule has 0 unspecified atom stereocenters. The van der Waals surface area contributed by atoms with Gasteiger partial charge in [0.05, 0.1) is 20.0 Å². The number of ether oxygens (including phenoxy) is 2. The number of Topliss-reactive ketones (excluding diaryl/α,β-unsaturated/α-hetero) is 1. The number of hydrogen-bond donors (Lipinski definition) is 0. The molecule has 3 rings (SSSR count). The molecule has 7 heteroatoms. The molecule has 0 fully saturated rings. The quantitative estimate of drug-likeness (QED) is 0.443. The molecule has 0 aliphatic carbocycles. The van der Waals surface area contributed by atoms with E-state index in [4.69, 9.17) is 13.9 Å². The highest BCUT2D eigenvalue weighted by Crippen LogP contribution is 2.30. The molecular formula is C20H20N2O4S. The smallest absolute Gasteiger partial charge is 0.277 e. The van der Waals surface area contributed by atoms with Crippen LogP contribution < -0.4 is 9.47 Å². The van der Waals surface area contributed by atoms with Gasteiger partial charge >= 0.3 is 0 Å². The van der Waals surface area contributed by atoms with Crippen LogP contribution in [0.15, 0.2) is 46.0 Å². The van der Waals surface area contributed by atoms with Crippen LogP contribution in [0.1, 0.15) is 21.5 Å². The van der Waals surface area contributed by atoms with Crippen LogP contribution in [0.2, 0.25) is 0 Å². The minimum Gasteiger partial charge on any atom is -0.497 e. The first kappa shape index (κ1) is 19.0. The van der Waals surface area contributed by atoms with Gasteiger partial charge in [0, 0.05) is 17.2 Å². The molecule has 0 aliphatic heterocycles. The molecule has 0 bridgehead atoms. The van der Waals surface area contributed by atoms with Gasteiger partial charge in [0.15, 0.2) is 5.78 Å². The van der Waals surface area contributed by atoms with Crippen LogP contribution in [0.5, 0.6) is 11.5 Å². The van der Waals surface area contributed by atoms with Crippen LogP contribution in [0, 0.1) is 13.8 Å². The van der Waals surface area contributed by atoms with E-state index in [1.165, 1.54) is 11.8 Å². The Balaban J connectivity index is 1.73. The summed E-state index contributed by atoms with van der Waals surface area (Å²) in [5.74, 6) is 1.86. The third kappa shape index (κ3) is 4.49. The largest absolute Gasteiger partial charge is 0.497 e. The molecule has 0 radical (unpaired) electrons. The maximum absolute atomic E-state index is 12.5. The molecule has 2 aromatic carbocycles. The number of hydrogen-bond acceptors (Lipinski definition) is 7. The van der Waals surface area contributed by atoms with Gasteiger partial charge < -0.3 is 13.9 Å². The van der Waals surface area contributed by atoms with Crippen molar-refractivity contribution in [2.75, 3.05) is 20.0 Å². The molecule has 1 aromatic heterocycles. The van der Waals surface area contributed by atoms with Crippen LogP contribution in [0.3, 0.4) is 0 Å². The van der Waals surface area contributed by atoms with Crippen LogP contribution in [0.25, 0.3) is 11.5 Å². The topological polar surface area (TPSA) is 74.5 Å². The second-order valence-electron chi connectivity index (χ2n) is 6.00. The first-order valence-corrected chi connectivity index (χ1v) is 9.29. The van der Waals surface area contributed by atoms with E-state index in [1.54, 1.807) is 32.4 Å². The Kier molecular flexibility index (Phi) is 5.81. The number of nitrogens with zero attached hydrogens (tertiary/aromatic N) is 2. The van der Waals surface area contributed by atoms with E-state index in [2.05, 4.69) is 10.2 Å². The molecule has 0 N–H and O–H groups in total. The van der Waals surface area contributed by atoms with Gasteiger partial charge in [-0.3, -0.25) is 4.79 Å². The summed E-state index contributed by atoms with van der Waals surface area (Å²) < 4.78 is 16.2. The van der Waals surface area contributed by atoms with Crippen molar-refractivity contribution < 1.29 is 18.7 Å². The SMILES string of the molecule is COc1cc(OC)cc(-c2nnc(SCC(=O)c3cc(C)ccc3C)o2)c1. The number of aryl methyl sites for hydroxylation is 2. The van der Waals surface area contributed by atoms with Crippen molar-refractivity contribution >= 4 is 17.5 Å². The van der Waals surface area contributed by atoms with Crippen LogP contribution in [-0.2, 0) is 0 Å². The fourth-order valence-electron chi connectivity index (χ4n) is 2.56. The van der Waals surface area contributed by atoms with Crippen LogP contribution in [-0.4, -0.2) is 36.0 Å². The molecule has 0 saturated heterocycles. The Hall–Kier alpha value is -2.80. The van der Waals surface area contributed by atoms with Crippen molar-refractivity contribution in [2.24, 2.45) is 0 Å². The molecule has 0 spiro atoms. The Morgan fingerprint density at radius 1 is 1.04 bits per heavy atom. The fraction of sp³-hybridized carbons (Fsp3) is 0.250. The molecule has 27 heavy (non-hydrogen) atoms. The van der Waals surface area contributed by atoms with E-state index in [1.807, 2.05) is 32.0 Å². The number of thioether (sulfide) groups is 1. The normalized spacial score (nSPS) is 10.7. The van der Waals surface area contributed by atoms with Gasteiger partial charge in [-0.1, -0.05) is 29.5 Å². The van der Waals surface area contributed by atoms with E-state index in [9.17, 15) is 4.79 Å². The maximum atomic E-state index is 12.5. The zero-order valence-electron chi connectivity index (χ0n) is 15.6. The van der Waals surface area contributed by atoms with Gasteiger partial charge in [-0.2, -0.15) is 0 Å². The number of aromatic nitrogens is 2. The second kappa shape index (κ2) is 8.26. The fourth-order valence-corrected chi connectivity index (χ4v) is 3.20. The van der Waals surface area contributed by atoms with Gasteiger partial charge in [0.2, 0.25) is 5.89 Å². The Bertz CT molecular complexity index is 946. The van der Waals surface area contributed by atoms with Crippen molar-refractivity contribution in [3.8, 4) is 23.0 Å². The van der Waals surface area contributed by atoms with Crippen molar-refractivity contribution in [2.45, 2.75) is 19.1 Å². The number of methoxy groups -OCH3 is 2. The third-order valence-corrected chi connectivity index (χ3v) is 4.84. The van der Waals surface area contributed by atoms with E-state index in [0.717, 1.165) is 16.7 Å². The highest BCUT2D eigenvalue weighted by molar-refractivity contribution is 7.99. The first-order chi connectivity index (χ1) is 13.0. The van der Waals surface area contributed by atoms with E-state index in [0.29, 0.717) is 28.2 Å². The Labute approximate surface area is 161 Å². The van der Waals surface area contributed by atoms with Crippen molar-refractivity contribution in [3.63, 3.8) is 0 Å². The van der Waals surface area contributed by atoms with Gasteiger partial charge in [-0.25, -0.2) is 0 Å². The lowest BCUT2D eigenvalue weighted by Crippen LogP contribution is -2.05. The predicted octanol–water partition coefficient (Wildman–Crippen LogP) is 4.35. The van der Waals surface area contributed by atoms with Gasteiger partial charge in [-0.05, 0) is 37.6 Å². The number of carbonyl (C=O) groups excluding carboxylic acids is 1. The molecule has 0 atom stereocenters. The number of carbonyl (C=O) groups is 1. The van der Waals surface area contributed by atoms with E-state index in [-0.39, 0.29) is 11.5 Å². The summed E-state index contributed by atoms with van der Waals surface area (Å²) in [6, 6.07) is 11.2. The third-order valence-electron chi connectivity index (χ3n) is 4.03. The summed E-state index contributed by atoms with van der Waals surface area (Å²) in [5, 5.41) is 8.42. The molecule has 1 heterocycles. The molecule has 0 amide bonds. The lowest BCUT2D eigenvalue weighted by molar-refractivity contribution is 0.102. The molecule has 0 saturated carbocycles. The molecule has 140 valence electrons. The Morgan fingerprint density at radius 3 is 2.41 bits per heavy atom. The molecule has 6 nitrogen and oxygen atoms in total. The average Bonchev–Trinajstić information content (AvgIpc) is 3.16. The van der Waals surface area contributed by atoms with Gasteiger partial charge in [0.25, 0.3) is 5.22 Å². The minimum atomic E-state index is 0.0315. The standard InChI is InChI=1S/C20H20N2O4S/c1-12-5-6-13(2)17(7-12)18(23)11-27-20-22-21-19(26-20)14-8-15(24-3)10-16(9-14)25-4/h5-10H,11H2,1-4H3. The van der Waals surface area contributed by atoms with Crippen molar-refractivity contribution in [3.05, 3.63) is 53.1 Å². The molecule has 3 aromatic rings. The summed E-state index contributed by atoms with van der Waals surface area (Å²) in [5.41, 5.74) is 3.42. The van der Waals surface area contributed by atoms with Crippen molar-refractivity contribution in [1.29, 1.82) is 0 Å². The van der Waals surface area contributed by atoms with Crippen LogP contribution in [0.4, 0.5) is 0 Å². The summed E-state index contributed by atoms with van der Waals surface area (Å²) in [4.78, 5) is 12.5. The molecule has 0 aliphatic rings. The maximum Gasteiger partial charge on any atom is 0.277 e. The monoisotopic (exact) mass is 384 g/mol. The lowest BCUT2D eigenvalue weighted by atomic mass is 10.0. The highest BCUT2D eigenvalue weighted by Gasteiger charge is 2.15. The van der Waals surface area contributed by atoms with E-state index >= 15 is 0 Å². The highest BCUT2D eigenvalue weighted by atomic mass is 32.2. The number of rotatable bonds is 7. The zero-order valence-corrected chi connectivity index (χ0v) is 16.4. The summed E-state index contributed by atoms with van der Waals surface area (Å²) in [6.45, 7) is 3.90. The van der Waals surface area contributed by atoms with Gasteiger partial charge in [0.1, 0.15) is 11.5 Å². The van der Waals surface area contributed by atoms with Crippen LogP contribution >= 0.6 is 11.8 Å². The number of benzene rings is 2.